The highest BCUT2D eigenvalue weighted by Crippen LogP contribution is 2.51. The predicted molar refractivity (Wildman–Crippen MR) is 230 cm³/mol. The topological polar surface area (TPSA) is 134 Å². The summed E-state index contributed by atoms with van der Waals surface area (Å²) in [4.78, 5) is 86.7. The number of hydrogen-bond donors (Lipinski definition) is 0. The van der Waals surface area contributed by atoms with Crippen molar-refractivity contribution in [3.05, 3.63) is 132 Å². The molecule has 0 aliphatic carbocycles. The Labute approximate surface area is 365 Å². The Bertz CT molecular complexity index is 2680. The van der Waals surface area contributed by atoms with E-state index >= 15 is 0 Å². The van der Waals surface area contributed by atoms with Gasteiger partial charge in [-0.05, 0) is 59.2 Å². The monoisotopic (exact) mass is 854 g/mol. The van der Waals surface area contributed by atoms with Gasteiger partial charge in [0.05, 0.1) is 11.8 Å². The van der Waals surface area contributed by atoms with Gasteiger partial charge in [-0.3, -0.25) is 19.2 Å². The molecule has 4 aromatic carbocycles. The number of carbonyl (C=O) groups is 6. The van der Waals surface area contributed by atoms with Crippen molar-refractivity contribution >= 4 is 74.2 Å². The molecule has 4 aromatic rings. The van der Waals surface area contributed by atoms with Crippen LogP contribution in [-0.4, -0.2) is 69.1 Å². The molecule has 0 saturated carbocycles. The first-order chi connectivity index (χ1) is 29.3. The van der Waals surface area contributed by atoms with E-state index in [1.54, 1.807) is 0 Å². The molecule has 8 rings (SSSR count). The molecule has 2 fully saturated rings. The molecule has 4 aliphatic heterocycles. The highest BCUT2D eigenvalue weighted by atomic mass is 35.5. The number of hydrogen-bond acceptors (Lipinski definition) is 9. The second kappa shape index (κ2) is 17.4. The molecule has 4 amide bonds. The van der Waals surface area contributed by atoms with Crippen LogP contribution in [0.2, 0.25) is 0 Å². The summed E-state index contributed by atoms with van der Waals surface area (Å²) in [5.41, 5.74) is 5.31. The van der Waals surface area contributed by atoms with Crippen molar-refractivity contribution in [1.29, 1.82) is 0 Å². The van der Waals surface area contributed by atoms with Crippen molar-refractivity contribution in [2.45, 2.75) is 77.0 Å². The molecule has 4 aliphatic rings. The van der Waals surface area contributed by atoms with Crippen molar-refractivity contribution in [2.75, 3.05) is 18.0 Å². The van der Waals surface area contributed by atoms with Gasteiger partial charge >= 0.3 is 11.9 Å². The SMILES string of the molecule is CC1(C)C(/C=C/C=C/C=C/C=C2/N(CCC(=O)ON3C(=O)CCC3=O)c3ccc4ccccc4c3C2(C)C)=[N+](CCC(=O)ON2C(=O)CCC2=O)c2ccc3ccccc3c21.[Cl-]. The summed E-state index contributed by atoms with van der Waals surface area (Å²) in [5, 5.41) is 5.63. The number of benzene rings is 4. The average Bonchev–Trinajstić information content (AvgIpc) is 3.88. The van der Waals surface area contributed by atoms with Crippen LogP contribution < -0.4 is 17.3 Å². The smallest absolute Gasteiger partial charge is 0.339 e. The molecule has 0 spiro atoms. The van der Waals surface area contributed by atoms with E-state index in [-0.39, 0.29) is 64.0 Å². The van der Waals surface area contributed by atoms with Gasteiger partial charge in [-0.25, -0.2) is 9.59 Å². The summed E-state index contributed by atoms with van der Waals surface area (Å²) < 4.78 is 2.11. The lowest BCUT2D eigenvalue weighted by Crippen LogP contribution is -3.00. The van der Waals surface area contributed by atoms with E-state index in [1.807, 2.05) is 66.8 Å². The third kappa shape index (κ3) is 7.98. The lowest BCUT2D eigenvalue weighted by atomic mass is 9.79. The van der Waals surface area contributed by atoms with Crippen molar-refractivity contribution in [1.82, 2.24) is 10.1 Å². The molecule has 4 heterocycles. The average molecular weight is 855 g/mol. The maximum Gasteiger partial charge on any atom is 0.339 e. The Morgan fingerprint density at radius 1 is 0.629 bits per heavy atom. The molecule has 0 atom stereocenters. The summed E-state index contributed by atoms with van der Waals surface area (Å²) in [6, 6.07) is 24.7. The van der Waals surface area contributed by atoms with E-state index in [2.05, 4.69) is 85.7 Å². The zero-order valence-electron chi connectivity index (χ0n) is 35.1. The molecule has 318 valence electrons. The fourth-order valence-electron chi connectivity index (χ4n) is 9.06. The Morgan fingerprint density at radius 3 is 1.76 bits per heavy atom. The summed E-state index contributed by atoms with van der Waals surface area (Å²) in [7, 11) is 0. The first-order valence-electron chi connectivity index (χ1n) is 20.6. The zero-order valence-corrected chi connectivity index (χ0v) is 35.8. The second-order valence-electron chi connectivity index (χ2n) is 16.6. The summed E-state index contributed by atoms with van der Waals surface area (Å²) in [6.07, 6.45) is 13.9. The van der Waals surface area contributed by atoms with Crippen molar-refractivity contribution in [3.63, 3.8) is 0 Å². The third-order valence-electron chi connectivity index (χ3n) is 11.9. The number of halogens is 1. The Hall–Kier alpha value is -6.66. The number of anilines is 1. The van der Waals surface area contributed by atoms with Gasteiger partial charge in [0.15, 0.2) is 12.3 Å². The number of amides is 4. The van der Waals surface area contributed by atoms with E-state index in [4.69, 9.17) is 9.68 Å². The van der Waals surface area contributed by atoms with Gasteiger partial charge in [-0.2, -0.15) is 4.58 Å². The number of allylic oxidation sites excluding steroid dienone is 8. The van der Waals surface area contributed by atoms with E-state index in [0.717, 1.165) is 55.5 Å². The minimum absolute atomic E-state index is 0. The molecule has 13 heteroatoms. The number of rotatable bonds is 12. The van der Waals surface area contributed by atoms with E-state index < -0.39 is 46.4 Å². The predicted octanol–water partition coefficient (Wildman–Crippen LogP) is 4.72. The van der Waals surface area contributed by atoms with E-state index in [1.165, 1.54) is 0 Å². The number of fused-ring (bicyclic) bond motifs is 6. The molecule has 2 saturated heterocycles. The minimum atomic E-state index is -0.659. The molecule has 0 unspecified atom stereocenters. The lowest BCUT2D eigenvalue weighted by Gasteiger charge is -2.27. The molecular formula is C49H47ClN4O8. The van der Waals surface area contributed by atoms with E-state index in [9.17, 15) is 28.8 Å². The maximum atomic E-state index is 12.9. The van der Waals surface area contributed by atoms with Gasteiger partial charge in [-0.1, -0.05) is 98.8 Å². The van der Waals surface area contributed by atoms with Crippen LogP contribution in [0.25, 0.3) is 21.5 Å². The molecular weight excluding hydrogens is 808 g/mol. The van der Waals surface area contributed by atoms with Gasteiger partial charge in [0.2, 0.25) is 5.69 Å². The summed E-state index contributed by atoms with van der Waals surface area (Å²) in [6.45, 7) is 9.20. The van der Waals surface area contributed by atoms with Crippen LogP contribution in [0.5, 0.6) is 0 Å². The molecule has 62 heavy (non-hydrogen) atoms. The van der Waals surface area contributed by atoms with Crippen LogP contribution in [0.4, 0.5) is 11.4 Å². The molecule has 0 radical (unpaired) electrons. The Morgan fingerprint density at radius 2 is 1.15 bits per heavy atom. The van der Waals surface area contributed by atoms with Gasteiger partial charge in [0, 0.05) is 66.7 Å². The molecule has 12 nitrogen and oxygen atoms in total. The summed E-state index contributed by atoms with van der Waals surface area (Å²) >= 11 is 0. The summed E-state index contributed by atoms with van der Waals surface area (Å²) in [5.74, 6) is -3.37. The number of carbonyl (C=O) groups excluding carboxylic acids is 6. The number of imide groups is 2. The number of nitrogens with zero attached hydrogens (tertiary/aromatic N) is 4. The Kier molecular flexibility index (Phi) is 12.2. The second-order valence-corrected chi connectivity index (χ2v) is 16.6. The van der Waals surface area contributed by atoms with Crippen LogP contribution in [0.15, 0.2) is 121 Å². The van der Waals surface area contributed by atoms with Gasteiger partial charge in [-0.15, -0.1) is 10.1 Å². The number of hydroxylamine groups is 4. The fourth-order valence-corrected chi connectivity index (χ4v) is 9.06. The normalized spacial score (nSPS) is 18.7. The van der Waals surface area contributed by atoms with Gasteiger partial charge in [0.1, 0.15) is 6.42 Å². The zero-order chi connectivity index (χ0) is 43.1. The first-order valence-corrected chi connectivity index (χ1v) is 20.6. The molecule has 0 aromatic heterocycles. The molecule has 0 N–H and O–H groups in total. The third-order valence-corrected chi connectivity index (χ3v) is 11.9. The minimum Gasteiger partial charge on any atom is -1.00 e. The first kappa shape index (κ1) is 43.4. The van der Waals surface area contributed by atoms with Crippen LogP contribution >= 0.6 is 0 Å². The van der Waals surface area contributed by atoms with Crippen LogP contribution in [0.3, 0.4) is 0 Å². The van der Waals surface area contributed by atoms with Crippen molar-refractivity contribution in [3.8, 4) is 0 Å². The van der Waals surface area contributed by atoms with Crippen LogP contribution in [-0.2, 0) is 49.3 Å². The standard InChI is InChI=1S/C49H47N4O8.ClH/c1-48(2)38(50(30-28-44(58)60-52-40(54)24-25-41(52)55)36-22-20-32-14-10-12-16-34(32)46(36)48)18-8-6-5-7-9-19-39-49(3,4)47-35-17-13-11-15-33(35)21-23-37(47)51(39)31-29-45(59)61-53-42(56)26-27-43(53)57;/h5-23H,24-31H2,1-4H3;1H/q+1;/p-1. The van der Waals surface area contributed by atoms with Crippen molar-refractivity contribution in [2.24, 2.45) is 0 Å². The fraction of sp³-hybridized carbons (Fsp3) is 0.286. The van der Waals surface area contributed by atoms with E-state index in [0.29, 0.717) is 10.1 Å². The lowest BCUT2D eigenvalue weighted by molar-refractivity contribution is -0.437. The Balaban J connectivity index is 0.00000578. The van der Waals surface area contributed by atoms with Crippen LogP contribution in [0, 0.1) is 0 Å². The highest BCUT2D eigenvalue weighted by Gasteiger charge is 2.46. The molecule has 0 bridgehead atoms. The van der Waals surface area contributed by atoms with Gasteiger partial charge < -0.3 is 27.0 Å². The van der Waals surface area contributed by atoms with Crippen molar-refractivity contribution < 1.29 is 55.4 Å². The largest absolute Gasteiger partial charge is 1.00 e. The maximum absolute atomic E-state index is 12.9. The van der Waals surface area contributed by atoms with Gasteiger partial charge in [0.25, 0.3) is 23.6 Å². The van der Waals surface area contributed by atoms with Crippen LogP contribution in [0.1, 0.15) is 77.3 Å². The quantitative estimate of drug-likeness (QED) is 0.113. The highest BCUT2D eigenvalue weighted by molar-refractivity contribution is 6.08.